The zero-order valence-corrected chi connectivity index (χ0v) is 23.0. The lowest BCUT2D eigenvalue weighted by Gasteiger charge is -2.46. The molecule has 1 rings (SSSR count). The van der Waals surface area contributed by atoms with Crippen molar-refractivity contribution in [3.8, 4) is 0 Å². The topological polar surface area (TPSA) is 38.3 Å². The van der Waals surface area contributed by atoms with Gasteiger partial charge in [0.15, 0.2) is 9.76 Å². The van der Waals surface area contributed by atoms with Gasteiger partial charge in [-0.2, -0.15) is 13.2 Å². The van der Waals surface area contributed by atoms with Gasteiger partial charge in [-0.15, -0.1) is 0 Å². The first-order valence-electron chi connectivity index (χ1n) is 12.1. The maximum Gasteiger partial charge on any atom is 0.389 e. The smallest absolute Gasteiger partial charge is 0.389 e. The van der Waals surface area contributed by atoms with Crippen LogP contribution >= 0.6 is 0 Å². The van der Waals surface area contributed by atoms with Gasteiger partial charge < -0.3 is 9.74 Å². The van der Waals surface area contributed by atoms with Crippen LogP contribution in [0.5, 0.6) is 0 Å². The molecule has 1 atom stereocenters. The van der Waals surface area contributed by atoms with Gasteiger partial charge in [0.05, 0.1) is 11.1 Å². The Labute approximate surface area is 201 Å². The molecule has 0 saturated carbocycles. The molecular weight excluding hydrogens is 443 g/mol. The second kappa shape index (κ2) is 12.4. The lowest BCUT2D eigenvalue weighted by atomic mass is 9.79. The Morgan fingerprint density at radius 3 is 1.85 bits per heavy atom. The Morgan fingerprint density at radius 1 is 0.848 bits per heavy atom. The van der Waals surface area contributed by atoms with Gasteiger partial charge >= 0.3 is 6.18 Å². The van der Waals surface area contributed by atoms with Crippen molar-refractivity contribution in [3.05, 3.63) is 35.4 Å². The predicted octanol–water partition coefficient (Wildman–Crippen LogP) is 6.67. The van der Waals surface area contributed by atoms with E-state index in [2.05, 4.69) is 71.1 Å². The van der Waals surface area contributed by atoms with E-state index in [0.29, 0.717) is 6.42 Å². The zero-order valence-electron chi connectivity index (χ0n) is 21.6. The number of hydrogen-bond donors (Lipinski definition) is 1. The van der Waals surface area contributed by atoms with Crippen molar-refractivity contribution in [2.24, 2.45) is 0 Å². The molecule has 0 aliphatic rings. The Balaban J connectivity index is 2.61. The number of unbranched alkanes of at least 4 members (excludes halogenated alkanes) is 3. The van der Waals surface area contributed by atoms with Crippen molar-refractivity contribution < 1.29 is 22.4 Å². The van der Waals surface area contributed by atoms with Crippen LogP contribution in [0.15, 0.2) is 24.3 Å². The Bertz CT molecular complexity index is 727. The maximum atomic E-state index is 12.2. The maximum absolute atomic E-state index is 12.2. The molecule has 0 heterocycles. The van der Waals surface area contributed by atoms with Gasteiger partial charge in [0.25, 0.3) is 0 Å². The Morgan fingerprint density at radius 2 is 1.36 bits per heavy atom. The fourth-order valence-corrected chi connectivity index (χ4v) is 4.85. The third kappa shape index (κ3) is 12.1. The molecule has 190 valence electrons. The van der Waals surface area contributed by atoms with Crippen LogP contribution < -0.4 is 5.32 Å². The number of carbonyl (C=O) groups excluding carboxylic acids is 1. The van der Waals surface area contributed by atoms with Gasteiger partial charge in [-0.3, -0.25) is 4.79 Å². The molecule has 0 unspecified atom stereocenters. The molecule has 0 bridgehead atoms. The van der Waals surface area contributed by atoms with Crippen molar-refractivity contribution in [2.75, 3.05) is 0 Å². The van der Waals surface area contributed by atoms with Crippen LogP contribution in [-0.2, 0) is 22.1 Å². The summed E-state index contributed by atoms with van der Waals surface area (Å²) in [6.45, 7) is 14.3. The second-order valence-electron chi connectivity index (χ2n) is 11.2. The van der Waals surface area contributed by atoms with Gasteiger partial charge in [0.1, 0.15) is 0 Å². The Kier molecular flexibility index (Phi) is 11.1. The van der Waals surface area contributed by atoms with Crippen LogP contribution in [0.3, 0.4) is 0 Å². The predicted molar refractivity (Wildman–Crippen MR) is 133 cm³/mol. The molecule has 1 amide bonds. The van der Waals surface area contributed by atoms with E-state index in [1.54, 1.807) is 6.92 Å². The van der Waals surface area contributed by atoms with Crippen LogP contribution in [0.2, 0.25) is 5.04 Å². The van der Waals surface area contributed by atoms with E-state index in [9.17, 15) is 18.0 Å². The first kappa shape index (κ1) is 29.7. The minimum Gasteiger partial charge on any atom is -0.416 e. The van der Waals surface area contributed by atoms with Crippen LogP contribution in [0, 0.1) is 0 Å². The largest absolute Gasteiger partial charge is 0.416 e. The molecule has 33 heavy (non-hydrogen) atoms. The highest BCUT2D eigenvalue weighted by molar-refractivity contribution is 6.31. The molecule has 0 radical (unpaired) electrons. The van der Waals surface area contributed by atoms with Gasteiger partial charge in [0.2, 0.25) is 5.91 Å². The summed E-state index contributed by atoms with van der Waals surface area (Å²) in [5, 5.41) is 3.33. The van der Waals surface area contributed by atoms with Gasteiger partial charge in [0, 0.05) is 13.3 Å². The number of amides is 1. The monoisotopic (exact) mass is 487 g/mol. The molecule has 0 aliphatic heterocycles. The fraction of sp³-hybridized carbons (Fsp3) is 0.731. The van der Waals surface area contributed by atoms with Crippen LogP contribution in [-0.4, -0.2) is 33.0 Å². The molecule has 0 saturated heterocycles. The SMILES string of the molecule is CC(=O)N[C@](C)(CCc1ccc(CCCCCCC(F)(F)F)cc1)C(C)(C)O[SiH2]C(C)(C)C. The number of benzene rings is 1. The van der Waals surface area contributed by atoms with E-state index < -0.39 is 33.5 Å². The van der Waals surface area contributed by atoms with E-state index in [-0.39, 0.29) is 17.4 Å². The number of alkyl halides is 3. The minimum absolute atomic E-state index is 0.0582. The molecule has 3 nitrogen and oxygen atoms in total. The number of halogens is 3. The number of carbonyl (C=O) groups is 1. The number of rotatable bonds is 13. The molecule has 0 spiro atoms. The molecule has 1 N–H and O–H groups in total. The van der Waals surface area contributed by atoms with Crippen molar-refractivity contribution in [2.45, 2.75) is 122 Å². The minimum atomic E-state index is -4.04. The molecule has 0 aliphatic carbocycles. The first-order chi connectivity index (χ1) is 15.0. The van der Waals surface area contributed by atoms with Gasteiger partial charge in [-0.05, 0) is 69.0 Å². The van der Waals surface area contributed by atoms with Crippen LogP contribution in [0.4, 0.5) is 13.2 Å². The average molecular weight is 488 g/mol. The molecule has 1 aromatic rings. The third-order valence-electron chi connectivity index (χ3n) is 6.26. The molecule has 7 heteroatoms. The van der Waals surface area contributed by atoms with Gasteiger partial charge in [-0.25, -0.2) is 0 Å². The van der Waals surface area contributed by atoms with Gasteiger partial charge in [-0.1, -0.05) is 57.9 Å². The molecular formula is C26H44F3NO2Si. The van der Waals surface area contributed by atoms with E-state index in [4.69, 9.17) is 4.43 Å². The van der Waals surface area contributed by atoms with E-state index >= 15 is 0 Å². The Hall–Kier alpha value is -1.34. The highest BCUT2D eigenvalue weighted by Crippen LogP contribution is 2.33. The number of aryl methyl sites for hydroxylation is 2. The summed E-state index contributed by atoms with van der Waals surface area (Å²) in [7, 11) is -0.782. The zero-order chi connectivity index (χ0) is 25.3. The van der Waals surface area contributed by atoms with Crippen molar-refractivity contribution >= 4 is 15.7 Å². The highest BCUT2D eigenvalue weighted by atomic mass is 28.2. The normalized spacial score (nSPS) is 15.1. The summed E-state index contributed by atoms with van der Waals surface area (Å²) in [4.78, 5) is 12.0. The number of nitrogens with one attached hydrogen (secondary N) is 1. The van der Waals surface area contributed by atoms with E-state index in [0.717, 1.165) is 32.1 Å². The van der Waals surface area contributed by atoms with Crippen molar-refractivity contribution in [1.29, 1.82) is 0 Å². The fourth-order valence-electron chi connectivity index (χ4n) is 3.73. The standard InChI is InChI=1S/C26H44F3NO2Si/c1-20(31)30-25(7,24(5,6)32-33-23(2,3)4)19-17-22-15-13-21(14-16-22)12-10-8-9-11-18-26(27,28)29/h13-16H,8-12,17-19,33H2,1-7H3,(H,30,31)/t25-/m1/s1. The molecule has 1 aromatic carbocycles. The molecule has 0 aromatic heterocycles. The van der Waals surface area contributed by atoms with Crippen LogP contribution in [0.25, 0.3) is 0 Å². The summed E-state index contributed by atoms with van der Waals surface area (Å²) in [5.41, 5.74) is 1.43. The summed E-state index contributed by atoms with van der Waals surface area (Å²) >= 11 is 0. The lowest BCUT2D eigenvalue weighted by molar-refractivity contribution is -0.135. The van der Waals surface area contributed by atoms with E-state index in [1.165, 1.54) is 11.1 Å². The summed E-state index contributed by atoms with van der Waals surface area (Å²) in [6, 6.07) is 8.44. The first-order valence-corrected chi connectivity index (χ1v) is 13.4. The summed E-state index contributed by atoms with van der Waals surface area (Å²) in [5.74, 6) is -0.0582. The van der Waals surface area contributed by atoms with Crippen LogP contribution in [0.1, 0.15) is 98.1 Å². The van der Waals surface area contributed by atoms with Crippen molar-refractivity contribution in [1.82, 2.24) is 5.32 Å². The van der Waals surface area contributed by atoms with E-state index in [1.807, 2.05) is 0 Å². The summed E-state index contributed by atoms with van der Waals surface area (Å²) in [6.07, 6.45) is 0.300. The second-order valence-corrected chi connectivity index (χ2v) is 13.9. The summed E-state index contributed by atoms with van der Waals surface area (Å²) < 4.78 is 43.0. The molecule has 0 fully saturated rings. The highest BCUT2D eigenvalue weighted by Gasteiger charge is 2.42. The third-order valence-corrected chi connectivity index (χ3v) is 7.99. The lowest BCUT2D eigenvalue weighted by Crippen LogP contribution is -2.61. The van der Waals surface area contributed by atoms with Crippen molar-refractivity contribution in [3.63, 3.8) is 0 Å². The average Bonchev–Trinajstić information content (AvgIpc) is 2.66. The quantitative estimate of drug-likeness (QED) is 0.249. The number of hydrogen-bond acceptors (Lipinski definition) is 2.